The summed E-state index contributed by atoms with van der Waals surface area (Å²) in [6.07, 6.45) is 4.13. The number of aromatic nitrogens is 2. The standard InChI is InChI=1S/C18H30N4O2.ClH/c1-5-18(6-2)14(10-15(18)24-7-3)22(4)17(23)16-12-11-19-9-8-13(12)20-21-16;/h14-15,19H,5-11H2,1-4H3,(H,20,21);1H. The van der Waals surface area contributed by atoms with Crippen LogP contribution in [0.15, 0.2) is 0 Å². The maximum Gasteiger partial charge on any atom is 0.274 e. The predicted molar refractivity (Wildman–Crippen MR) is 100 cm³/mol. The molecule has 2 unspecified atom stereocenters. The minimum atomic E-state index is 0. The van der Waals surface area contributed by atoms with Gasteiger partial charge in [0.25, 0.3) is 5.91 Å². The molecule has 6 nitrogen and oxygen atoms in total. The molecule has 0 aromatic carbocycles. The van der Waals surface area contributed by atoms with Gasteiger partial charge in [-0.05, 0) is 26.2 Å². The molecule has 1 fully saturated rings. The zero-order valence-electron chi connectivity index (χ0n) is 15.7. The zero-order valence-corrected chi connectivity index (χ0v) is 16.5. The van der Waals surface area contributed by atoms with E-state index < -0.39 is 0 Å². The number of H-pyrrole nitrogens is 1. The molecule has 1 aromatic heterocycles. The van der Waals surface area contributed by atoms with E-state index >= 15 is 0 Å². The summed E-state index contributed by atoms with van der Waals surface area (Å²) in [5, 5.41) is 10.7. The average Bonchev–Trinajstić information content (AvgIpc) is 3.02. The Hall–Kier alpha value is -1.11. The Labute approximate surface area is 156 Å². The number of nitrogens with zero attached hydrogens (tertiary/aromatic N) is 2. The topological polar surface area (TPSA) is 70.2 Å². The summed E-state index contributed by atoms with van der Waals surface area (Å²) >= 11 is 0. The van der Waals surface area contributed by atoms with Gasteiger partial charge in [0.1, 0.15) is 0 Å². The highest BCUT2D eigenvalue weighted by Gasteiger charge is 2.56. The first-order valence-electron chi connectivity index (χ1n) is 9.24. The quantitative estimate of drug-likeness (QED) is 0.807. The molecule has 142 valence electrons. The second-order valence-corrected chi connectivity index (χ2v) is 7.01. The maximum atomic E-state index is 13.1. The van der Waals surface area contributed by atoms with E-state index in [2.05, 4.69) is 29.4 Å². The fourth-order valence-electron chi connectivity index (χ4n) is 4.59. The number of ether oxygens (including phenoxy) is 1. The van der Waals surface area contributed by atoms with Crippen molar-refractivity contribution in [2.24, 2.45) is 5.41 Å². The van der Waals surface area contributed by atoms with Crippen molar-refractivity contribution < 1.29 is 9.53 Å². The third-order valence-corrected chi connectivity index (χ3v) is 6.22. The second-order valence-electron chi connectivity index (χ2n) is 7.01. The van der Waals surface area contributed by atoms with Gasteiger partial charge in [-0.25, -0.2) is 0 Å². The monoisotopic (exact) mass is 370 g/mol. The number of hydrogen-bond acceptors (Lipinski definition) is 4. The summed E-state index contributed by atoms with van der Waals surface area (Å²) in [7, 11) is 1.92. The van der Waals surface area contributed by atoms with Crippen molar-refractivity contribution in [2.45, 2.75) is 65.1 Å². The third kappa shape index (κ3) is 3.20. The van der Waals surface area contributed by atoms with E-state index in [1.807, 2.05) is 18.9 Å². The molecule has 2 heterocycles. The first kappa shape index (κ1) is 20.2. The molecular weight excluding hydrogens is 340 g/mol. The largest absolute Gasteiger partial charge is 0.378 e. The summed E-state index contributed by atoms with van der Waals surface area (Å²) in [6, 6.07) is 0.223. The highest BCUT2D eigenvalue weighted by Crippen LogP contribution is 2.51. The third-order valence-electron chi connectivity index (χ3n) is 6.22. The number of hydrogen-bond donors (Lipinski definition) is 2. The Morgan fingerprint density at radius 3 is 2.72 bits per heavy atom. The molecule has 1 aliphatic heterocycles. The van der Waals surface area contributed by atoms with Gasteiger partial charge in [0.2, 0.25) is 0 Å². The Kier molecular flexibility index (Phi) is 6.51. The number of aromatic amines is 1. The van der Waals surface area contributed by atoms with Gasteiger partial charge in [-0.15, -0.1) is 12.4 Å². The van der Waals surface area contributed by atoms with Crippen LogP contribution in [0.4, 0.5) is 0 Å². The van der Waals surface area contributed by atoms with E-state index in [-0.39, 0.29) is 35.9 Å². The minimum absolute atomic E-state index is 0. The van der Waals surface area contributed by atoms with Crippen molar-refractivity contribution in [1.82, 2.24) is 20.4 Å². The minimum Gasteiger partial charge on any atom is -0.378 e. The first-order valence-corrected chi connectivity index (χ1v) is 9.24. The molecule has 3 rings (SSSR count). The molecule has 1 aliphatic carbocycles. The fourth-order valence-corrected chi connectivity index (χ4v) is 4.59. The number of carbonyl (C=O) groups is 1. The van der Waals surface area contributed by atoms with E-state index in [9.17, 15) is 4.79 Å². The van der Waals surface area contributed by atoms with Crippen LogP contribution in [-0.2, 0) is 17.7 Å². The van der Waals surface area contributed by atoms with Gasteiger partial charge in [0.15, 0.2) is 5.69 Å². The number of amides is 1. The van der Waals surface area contributed by atoms with Gasteiger partial charge in [-0.1, -0.05) is 13.8 Å². The van der Waals surface area contributed by atoms with E-state index in [1.165, 1.54) is 0 Å². The smallest absolute Gasteiger partial charge is 0.274 e. The fraction of sp³-hybridized carbons (Fsp3) is 0.778. The van der Waals surface area contributed by atoms with E-state index in [0.717, 1.165) is 56.6 Å². The van der Waals surface area contributed by atoms with Gasteiger partial charge >= 0.3 is 0 Å². The number of carbonyl (C=O) groups excluding carboxylic acids is 1. The summed E-state index contributed by atoms with van der Waals surface area (Å²) in [5.74, 6) is 0.0300. The molecule has 0 bridgehead atoms. The Morgan fingerprint density at radius 1 is 1.36 bits per heavy atom. The number of halogens is 1. The second kappa shape index (κ2) is 8.06. The Morgan fingerprint density at radius 2 is 2.08 bits per heavy atom. The van der Waals surface area contributed by atoms with Crippen LogP contribution in [0.3, 0.4) is 0 Å². The Balaban J connectivity index is 0.00000225. The predicted octanol–water partition coefficient (Wildman–Crippen LogP) is 2.53. The van der Waals surface area contributed by atoms with Gasteiger partial charge in [0.05, 0.1) is 6.10 Å². The SMILES string of the molecule is CCOC1CC(N(C)C(=O)c2n[nH]c3c2CNCC3)C1(CC)CC.Cl. The molecular formula is C18H31ClN4O2. The lowest BCUT2D eigenvalue weighted by Gasteiger charge is -2.58. The van der Waals surface area contributed by atoms with Crippen LogP contribution in [0, 0.1) is 5.41 Å². The summed E-state index contributed by atoms with van der Waals surface area (Å²) in [5.41, 5.74) is 2.79. The van der Waals surface area contributed by atoms with Crippen LogP contribution in [-0.4, -0.2) is 53.3 Å². The van der Waals surface area contributed by atoms with Crippen LogP contribution >= 0.6 is 12.4 Å². The highest BCUT2D eigenvalue weighted by molar-refractivity contribution is 5.94. The van der Waals surface area contributed by atoms with E-state index in [1.54, 1.807) is 0 Å². The molecule has 2 atom stereocenters. The first-order chi connectivity index (χ1) is 11.6. The van der Waals surface area contributed by atoms with Crippen molar-refractivity contribution in [3.63, 3.8) is 0 Å². The Bertz CT molecular complexity index is 600. The van der Waals surface area contributed by atoms with Crippen molar-refractivity contribution in [3.8, 4) is 0 Å². The molecule has 2 N–H and O–H groups in total. The van der Waals surface area contributed by atoms with Crippen molar-refractivity contribution in [1.29, 1.82) is 0 Å². The molecule has 1 saturated carbocycles. The van der Waals surface area contributed by atoms with Gasteiger partial charge < -0.3 is 15.0 Å². The van der Waals surface area contributed by atoms with Crippen LogP contribution in [0.2, 0.25) is 0 Å². The summed E-state index contributed by atoms with van der Waals surface area (Å²) in [4.78, 5) is 15.0. The molecule has 0 spiro atoms. The molecule has 7 heteroatoms. The lowest BCUT2D eigenvalue weighted by molar-refractivity contribution is -0.159. The maximum absolute atomic E-state index is 13.1. The van der Waals surface area contributed by atoms with Gasteiger partial charge in [-0.2, -0.15) is 5.10 Å². The normalized spacial score (nSPS) is 24.0. The van der Waals surface area contributed by atoms with Crippen LogP contribution < -0.4 is 5.32 Å². The lowest BCUT2D eigenvalue weighted by atomic mass is 9.58. The van der Waals surface area contributed by atoms with Crippen LogP contribution in [0.25, 0.3) is 0 Å². The molecule has 0 radical (unpaired) electrons. The molecule has 0 saturated heterocycles. The number of nitrogens with one attached hydrogen (secondary N) is 2. The number of rotatable bonds is 6. The van der Waals surface area contributed by atoms with Crippen molar-refractivity contribution in [2.75, 3.05) is 20.2 Å². The van der Waals surface area contributed by atoms with Crippen LogP contribution in [0.5, 0.6) is 0 Å². The molecule has 1 amide bonds. The van der Waals surface area contributed by atoms with E-state index in [0.29, 0.717) is 5.69 Å². The average molecular weight is 371 g/mol. The van der Waals surface area contributed by atoms with Crippen molar-refractivity contribution in [3.05, 3.63) is 17.0 Å². The van der Waals surface area contributed by atoms with Crippen LogP contribution in [0.1, 0.15) is 61.8 Å². The van der Waals surface area contributed by atoms with Gasteiger partial charge in [-0.3, -0.25) is 9.89 Å². The zero-order chi connectivity index (χ0) is 17.3. The molecule has 25 heavy (non-hydrogen) atoms. The lowest BCUT2D eigenvalue weighted by Crippen LogP contribution is -2.64. The van der Waals surface area contributed by atoms with Gasteiger partial charge in [0, 0.05) is 55.9 Å². The van der Waals surface area contributed by atoms with E-state index in [4.69, 9.17) is 4.74 Å². The summed E-state index contributed by atoms with van der Waals surface area (Å²) < 4.78 is 5.95. The molecule has 2 aliphatic rings. The highest BCUT2D eigenvalue weighted by atomic mass is 35.5. The van der Waals surface area contributed by atoms with Crippen molar-refractivity contribution >= 4 is 18.3 Å². The summed E-state index contributed by atoms with van der Waals surface area (Å²) in [6.45, 7) is 8.85. The number of fused-ring (bicyclic) bond motifs is 1. The molecule has 1 aromatic rings.